The van der Waals surface area contributed by atoms with Crippen LogP contribution < -0.4 is 5.73 Å². The molecule has 2 aromatic rings. The van der Waals surface area contributed by atoms with E-state index >= 15 is 0 Å². The highest BCUT2D eigenvalue weighted by Crippen LogP contribution is 2.19. The van der Waals surface area contributed by atoms with Gasteiger partial charge in [-0.05, 0) is 31.0 Å². The fourth-order valence-electron chi connectivity index (χ4n) is 1.98. The first-order valence-electron chi connectivity index (χ1n) is 6.11. The fourth-order valence-corrected chi connectivity index (χ4v) is 1.98. The number of benzene rings is 2. The van der Waals surface area contributed by atoms with E-state index in [1.807, 2.05) is 43.3 Å². The molecule has 2 aromatic carbocycles. The first-order valence-corrected chi connectivity index (χ1v) is 6.11. The topological polar surface area (TPSA) is 38.4 Å². The molecule has 2 N–H and O–H groups in total. The molecule has 0 unspecified atom stereocenters. The molecule has 2 nitrogen and oxygen atoms in total. The molecule has 0 saturated carbocycles. The maximum Gasteiger partial charge on any atom is 0.0662 e. The summed E-state index contributed by atoms with van der Waals surface area (Å²) in [5, 5.41) is 0. The van der Waals surface area contributed by atoms with Crippen molar-refractivity contribution in [2.45, 2.75) is 20.4 Å². The molecule has 0 spiro atoms. The molecule has 2 rings (SSSR count). The highest BCUT2D eigenvalue weighted by molar-refractivity contribution is 6.01. The Morgan fingerprint density at radius 3 is 2.44 bits per heavy atom. The molecule has 0 radical (unpaired) electrons. The third-order valence-electron chi connectivity index (χ3n) is 3.03. The zero-order valence-corrected chi connectivity index (χ0v) is 10.9. The molecule has 0 aliphatic rings. The van der Waals surface area contributed by atoms with Crippen LogP contribution >= 0.6 is 0 Å². The van der Waals surface area contributed by atoms with E-state index in [1.54, 1.807) is 0 Å². The van der Waals surface area contributed by atoms with Gasteiger partial charge in [0.05, 0.1) is 5.69 Å². The summed E-state index contributed by atoms with van der Waals surface area (Å²) in [6, 6.07) is 16.3. The standard InChI is InChI=1S/C16H18N2/c1-12-7-3-6-10-16(12)18-13(2)15-9-5-4-8-14(15)11-17/h3-10H,11,17H2,1-2H3/b18-13+. The summed E-state index contributed by atoms with van der Waals surface area (Å²) < 4.78 is 0. The van der Waals surface area contributed by atoms with Crippen LogP contribution in [0.4, 0.5) is 5.69 Å². The summed E-state index contributed by atoms with van der Waals surface area (Å²) in [5.74, 6) is 0. The lowest BCUT2D eigenvalue weighted by atomic mass is 10.0. The largest absolute Gasteiger partial charge is 0.326 e. The van der Waals surface area contributed by atoms with Crippen LogP contribution in [0.2, 0.25) is 0 Å². The van der Waals surface area contributed by atoms with Crippen LogP contribution in [-0.2, 0) is 6.54 Å². The molecular weight excluding hydrogens is 220 g/mol. The molecule has 0 aliphatic carbocycles. The minimum atomic E-state index is 0.538. The van der Waals surface area contributed by atoms with Gasteiger partial charge < -0.3 is 5.73 Å². The van der Waals surface area contributed by atoms with Gasteiger partial charge in [0, 0.05) is 17.8 Å². The molecular formula is C16H18N2. The zero-order chi connectivity index (χ0) is 13.0. The van der Waals surface area contributed by atoms with Crippen LogP contribution in [0.3, 0.4) is 0 Å². The molecule has 0 bridgehead atoms. The minimum Gasteiger partial charge on any atom is -0.326 e. The Labute approximate surface area is 108 Å². The third-order valence-corrected chi connectivity index (χ3v) is 3.03. The van der Waals surface area contributed by atoms with Crippen LogP contribution in [-0.4, -0.2) is 5.71 Å². The van der Waals surface area contributed by atoms with Crippen LogP contribution in [0.1, 0.15) is 23.6 Å². The number of hydrogen-bond acceptors (Lipinski definition) is 2. The average Bonchev–Trinajstić information content (AvgIpc) is 2.41. The van der Waals surface area contributed by atoms with Gasteiger partial charge in [-0.1, -0.05) is 42.5 Å². The fraction of sp³-hybridized carbons (Fsp3) is 0.188. The lowest BCUT2D eigenvalue weighted by Crippen LogP contribution is -2.05. The van der Waals surface area contributed by atoms with E-state index in [0.29, 0.717) is 6.54 Å². The van der Waals surface area contributed by atoms with E-state index in [2.05, 4.69) is 19.1 Å². The molecule has 0 heterocycles. The molecule has 2 heteroatoms. The lowest BCUT2D eigenvalue weighted by Gasteiger charge is -2.08. The van der Waals surface area contributed by atoms with Crippen LogP contribution in [0, 0.1) is 6.92 Å². The maximum atomic E-state index is 5.76. The van der Waals surface area contributed by atoms with Crippen LogP contribution in [0.25, 0.3) is 0 Å². The number of aryl methyl sites for hydroxylation is 1. The predicted molar refractivity (Wildman–Crippen MR) is 77.4 cm³/mol. The Balaban J connectivity index is 2.42. The lowest BCUT2D eigenvalue weighted by molar-refractivity contribution is 1.06. The van der Waals surface area contributed by atoms with Crippen molar-refractivity contribution >= 4 is 11.4 Å². The first kappa shape index (κ1) is 12.5. The van der Waals surface area contributed by atoms with Crippen molar-refractivity contribution in [3.8, 4) is 0 Å². The number of rotatable bonds is 3. The van der Waals surface area contributed by atoms with Gasteiger partial charge in [-0.15, -0.1) is 0 Å². The molecule has 0 aromatic heterocycles. The monoisotopic (exact) mass is 238 g/mol. The Hall–Kier alpha value is -1.93. The second-order valence-corrected chi connectivity index (χ2v) is 4.34. The SMILES string of the molecule is C/C(=N\c1ccccc1C)c1ccccc1CN. The van der Waals surface area contributed by atoms with Crippen LogP contribution in [0.15, 0.2) is 53.5 Å². The number of hydrogen-bond donors (Lipinski definition) is 1. The quantitative estimate of drug-likeness (QED) is 0.815. The predicted octanol–water partition coefficient (Wildman–Crippen LogP) is 3.59. The Bertz CT molecular complexity index is 571. The summed E-state index contributed by atoms with van der Waals surface area (Å²) in [5.41, 5.74) is 11.2. The van der Waals surface area contributed by atoms with E-state index in [4.69, 9.17) is 10.7 Å². The van der Waals surface area contributed by atoms with Crippen molar-refractivity contribution in [3.63, 3.8) is 0 Å². The minimum absolute atomic E-state index is 0.538. The summed E-state index contributed by atoms with van der Waals surface area (Å²) >= 11 is 0. The van der Waals surface area contributed by atoms with E-state index in [-0.39, 0.29) is 0 Å². The number of nitrogens with two attached hydrogens (primary N) is 1. The van der Waals surface area contributed by atoms with E-state index < -0.39 is 0 Å². The number of para-hydroxylation sites is 1. The normalized spacial score (nSPS) is 11.6. The summed E-state index contributed by atoms with van der Waals surface area (Å²) in [4.78, 5) is 4.70. The highest BCUT2D eigenvalue weighted by atomic mass is 14.7. The molecule has 0 fully saturated rings. The Morgan fingerprint density at radius 2 is 1.72 bits per heavy atom. The summed E-state index contributed by atoms with van der Waals surface area (Å²) in [6.45, 7) is 4.64. The molecule has 18 heavy (non-hydrogen) atoms. The van der Waals surface area contributed by atoms with Gasteiger partial charge >= 0.3 is 0 Å². The van der Waals surface area contributed by atoms with Crippen molar-refractivity contribution in [2.24, 2.45) is 10.7 Å². The maximum absolute atomic E-state index is 5.76. The summed E-state index contributed by atoms with van der Waals surface area (Å²) in [7, 11) is 0. The second kappa shape index (κ2) is 5.61. The molecule has 0 saturated heterocycles. The van der Waals surface area contributed by atoms with E-state index in [9.17, 15) is 0 Å². The van der Waals surface area contributed by atoms with Crippen LogP contribution in [0.5, 0.6) is 0 Å². The molecule has 92 valence electrons. The number of aliphatic imine (C=N–C) groups is 1. The average molecular weight is 238 g/mol. The number of nitrogens with zero attached hydrogens (tertiary/aromatic N) is 1. The van der Waals surface area contributed by atoms with Crippen molar-refractivity contribution in [1.29, 1.82) is 0 Å². The van der Waals surface area contributed by atoms with Gasteiger partial charge in [0.1, 0.15) is 0 Å². The summed E-state index contributed by atoms with van der Waals surface area (Å²) in [6.07, 6.45) is 0. The van der Waals surface area contributed by atoms with Crippen molar-refractivity contribution in [1.82, 2.24) is 0 Å². The zero-order valence-electron chi connectivity index (χ0n) is 10.9. The smallest absolute Gasteiger partial charge is 0.0662 e. The van der Waals surface area contributed by atoms with Gasteiger partial charge in [0.15, 0.2) is 0 Å². The third kappa shape index (κ3) is 2.66. The Morgan fingerprint density at radius 1 is 1.06 bits per heavy atom. The van der Waals surface area contributed by atoms with Gasteiger partial charge in [-0.3, -0.25) is 4.99 Å². The van der Waals surface area contributed by atoms with E-state index in [0.717, 1.165) is 22.5 Å². The van der Waals surface area contributed by atoms with Crippen molar-refractivity contribution < 1.29 is 0 Å². The molecule has 0 amide bonds. The Kier molecular flexibility index (Phi) is 3.90. The van der Waals surface area contributed by atoms with Gasteiger partial charge in [0.25, 0.3) is 0 Å². The van der Waals surface area contributed by atoms with Gasteiger partial charge in [-0.25, -0.2) is 0 Å². The van der Waals surface area contributed by atoms with Gasteiger partial charge in [-0.2, -0.15) is 0 Å². The first-order chi connectivity index (χ1) is 8.72. The van der Waals surface area contributed by atoms with Crippen molar-refractivity contribution in [3.05, 3.63) is 65.2 Å². The molecule has 0 atom stereocenters. The van der Waals surface area contributed by atoms with Crippen molar-refractivity contribution in [2.75, 3.05) is 0 Å². The second-order valence-electron chi connectivity index (χ2n) is 4.34. The highest BCUT2D eigenvalue weighted by Gasteiger charge is 2.04. The van der Waals surface area contributed by atoms with Gasteiger partial charge in [0.2, 0.25) is 0 Å². The molecule has 0 aliphatic heterocycles. The van der Waals surface area contributed by atoms with E-state index in [1.165, 1.54) is 5.56 Å².